The van der Waals surface area contributed by atoms with Gasteiger partial charge in [0.2, 0.25) is 12.3 Å². The first kappa shape index (κ1) is 20.4. The number of carbonyl (C=O) groups excluding carboxylic acids is 2. The third-order valence-corrected chi connectivity index (χ3v) is 8.11. The van der Waals surface area contributed by atoms with E-state index < -0.39 is 32.6 Å². The van der Waals surface area contributed by atoms with E-state index in [-0.39, 0.29) is 22.9 Å². The number of aromatic nitrogens is 2. The molecule has 11 heteroatoms. The van der Waals surface area contributed by atoms with Gasteiger partial charge in [0.05, 0.1) is 26.9 Å². The number of nitrogens with one attached hydrogen (secondary N) is 1. The van der Waals surface area contributed by atoms with Crippen molar-refractivity contribution < 1.29 is 18.0 Å². The molecule has 1 N–H and O–H groups in total. The fourth-order valence-corrected chi connectivity index (χ4v) is 5.84. The fraction of sp³-hybridized carbons (Fsp3) is 0.368. The molecule has 2 amide bonds. The zero-order valence-electron chi connectivity index (χ0n) is 15.7. The molecule has 1 aromatic carbocycles. The molecule has 0 spiro atoms. The summed E-state index contributed by atoms with van der Waals surface area (Å²) < 4.78 is 28.0. The van der Waals surface area contributed by atoms with Crippen LogP contribution in [0.4, 0.5) is 0 Å². The molecule has 156 valence electrons. The van der Waals surface area contributed by atoms with Crippen LogP contribution < -0.4 is 5.32 Å². The second kappa shape index (κ2) is 7.41. The van der Waals surface area contributed by atoms with Gasteiger partial charge in [0.1, 0.15) is 11.6 Å². The molecule has 0 unspecified atom stereocenters. The average Bonchev–Trinajstić information content (AvgIpc) is 3.13. The third kappa shape index (κ3) is 3.55. The highest BCUT2D eigenvalue weighted by atomic mass is 35.5. The molecule has 2 fully saturated rings. The minimum Gasteiger partial charge on any atom is -0.336 e. The minimum atomic E-state index is -3.91. The fourth-order valence-electron chi connectivity index (χ4n) is 3.59. The Labute approximate surface area is 178 Å². The molecule has 1 aliphatic heterocycles. The van der Waals surface area contributed by atoms with Gasteiger partial charge in [0.25, 0.3) is 0 Å². The highest BCUT2D eigenvalue weighted by Gasteiger charge is 2.49. The zero-order valence-corrected chi connectivity index (χ0v) is 17.3. The molecule has 1 aromatic heterocycles. The van der Waals surface area contributed by atoms with Gasteiger partial charge in [-0.2, -0.15) is 10.4 Å². The topological polar surface area (TPSA) is 125 Å². The summed E-state index contributed by atoms with van der Waals surface area (Å²) in [5.41, 5.74) is -0.290. The number of halogens is 1. The lowest BCUT2D eigenvalue weighted by Crippen LogP contribution is -2.47. The second-order valence-corrected chi connectivity index (χ2v) is 10.1. The van der Waals surface area contributed by atoms with Crippen molar-refractivity contribution in [3.8, 4) is 11.8 Å². The van der Waals surface area contributed by atoms with Crippen molar-refractivity contribution in [2.45, 2.75) is 41.0 Å². The molecule has 0 radical (unpaired) electrons. The van der Waals surface area contributed by atoms with E-state index >= 15 is 0 Å². The molecule has 30 heavy (non-hydrogen) atoms. The lowest BCUT2D eigenvalue weighted by Gasteiger charge is -2.20. The van der Waals surface area contributed by atoms with Crippen molar-refractivity contribution in [2.24, 2.45) is 0 Å². The quantitative estimate of drug-likeness (QED) is 0.660. The number of nitriles is 1. The van der Waals surface area contributed by atoms with E-state index in [9.17, 15) is 18.0 Å². The SMILES string of the molecule is N#CC1(NC(=O)[C@@H]2C[C@@H](S(=O)(=O)c3ccc(-n4cccn4)cc3Cl)CN2C=O)CC1. The van der Waals surface area contributed by atoms with Crippen molar-refractivity contribution >= 4 is 33.8 Å². The van der Waals surface area contributed by atoms with E-state index in [0.29, 0.717) is 24.9 Å². The predicted octanol–water partition coefficient (Wildman–Crippen LogP) is 1.07. The van der Waals surface area contributed by atoms with Crippen LogP contribution in [0.5, 0.6) is 0 Å². The van der Waals surface area contributed by atoms with Crippen molar-refractivity contribution in [3.63, 3.8) is 0 Å². The summed E-state index contributed by atoms with van der Waals surface area (Å²) in [5.74, 6) is -0.515. The molecule has 9 nitrogen and oxygen atoms in total. The average molecular weight is 448 g/mol. The van der Waals surface area contributed by atoms with Crippen LogP contribution in [-0.2, 0) is 19.4 Å². The number of sulfone groups is 1. The smallest absolute Gasteiger partial charge is 0.244 e. The molecular formula is C19H18ClN5O4S. The number of amides is 2. The van der Waals surface area contributed by atoms with Gasteiger partial charge in [-0.05, 0) is 43.5 Å². The summed E-state index contributed by atoms with van der Waals surface area (Å²) in [5, 5.41) is 14.9. The van der Waals surface area contributed by atoms with Crippen molar-refractivity contribution in [1.29, 1.82) is 5.26 Å². The highest BCUT2D eigenvalue weighted by Crippen LogP contribution is 2.36. The normalized spacial score (nSPS) is 22.3. The molecule has 1 saturated heterocycles. The molecule has 0 bridgehead atoms. The van der Waals surface area contributed by atoms with Crippen molar-refractivity contribution in [2.75, 3.05) is 6.54 Å². The van der Waals surface area contributed by atoms with Gasteiger partial charge in [-0.25, -0.2) is 13.1 Å². The van der Waals surface area contributed by atoms with E-state index in [1.165, 1.54) is 12.1 Å². The van der Waals surface area contributed by atoms with Gasteiger partial charge < -0.3 is 10.2 Å². The first-order chi connectivity index (χ1) is 14.3. The van der Waals surface area contributed by atoms with Gasteiger partial charge in [-0.3, -0.25) is 9.59 Å². The van der Waals surface area contributed by atoms with Crippen LogP contribution in [0, 0.1) is 11.3 Å². The lowest BCUT2D eigenvalue weighted by atomic mass is 10.2. The van der Waals surface area contributed by atoms with Gasteiger partial charge in [-0.1, -0.05) is 11.6 Å². The Bertz CT molecular complexity index is 1140. The first-order valence-electron chi connectivity index (χ1n) is 9.27. The summed E-state index contributed by atoms with van der Waals surface area (Å²) >= 11 is 6.27. The maximum absolute atomic E-state index is 13.2. The van der Waals surface area contributed by atoms with Gasteiger partial charge >= 0.3 is 0 Å². The van der Waals surface area contributed by atoms with Crippen LogP contribution in [0.15, 0.2) is 41.6 Å². The first-order valence-corrected chi connectivity index (χ1v) is 11.2. The van der Waals surface area contributed by atoms with E-state index in [1.54, 1.807) is 29.2 Å². The van der Waals surface area contributed by atoms with E-state index in [1.807, 2.05) is 6.07 Å². The predicted molar refractivity (Wildman–Crippen MR) is 106 cm³/mol. The monoisotopic (exact) mass is 447 g/mol. The van der Waals surface area contributed by atoms with Crippen LogP contribution >= 0.6 is 11.6 Å². The van der Waals surface area contributed by atoms with Gasteiger partial charge in [0.15, 0.2) is 9.84 Å². The number of benzene rings is 1. The van der Waals surface area contributed by atoms with Crippen LogP contribution in [-0.4, -0.2) is 58.8 Å². The Balaban J connectivity index is 1.56. The molecular weight excluding hydrogens is 430 g/mol. The van der Waals surface area contributed by atoms with E-state index in [0.717, 1.165) is 4.90 Å². The minimum absolute atomic E-state index is 0.0370. The maximum Gasteiger partial charge on any atom is 0.244 e. The molecule has 4 rings (SSSR count). The lowest BCUT2D eigenvalue weighted by molar-refractivity contribution is -0.131. The Kier molecular flexibility index (Phi) is 5.03. The molecule has 1 aliphatic carbocycles. The Morgan fingerprint density at radius 2 is 2.17 bits per heavy atom. The second-order valence-electron chi connectivity index (χ2n) is 7.47. The van der Waals surface area contributed by atoms with Crippen LogP contribution in [0.2, 0.25) is 5.02 Å². The Hall–Kier alpha value is -2.90. The van der Waals surface area contributed by atoms with E-state index in [2.05, 4.69) is 10.4 Å². The van der Waals surface area contributed by atoms with Crippen LogP contribution in [0.1, 0.15) is 19.3 Å². The summed E-state index contributed by atoms with van der Waals surface area (Å²) in [6, 6.07) is 7.33. The highest BCUT2D eigenvalue weighted by molar-refractivity contribution is 7.92. The standard InChI is InChI=1S/C19H18ClN5O4S/c20-15-8-13(25-7-1-6-22-25)2-3-17(15)30(28,29)14-9-16(24(10-14)12-26)18(27)23-19(11-21)4-5-19/h1-3,6-8,12,14,16H,4-5,9-10H2,(H,23,27)/t14-,16+/m1/s1. The third-order valence-electron chi connectivity index (χ3n) is 5.50. The molecule has 2 aromatic rings. The number of carbonyl (C=O) groups is 2. The number of rotatable bonds is 6. The Morgan fingerprint density at radius 3 is 2.73 bits per heavy atom. The molecule has 2 heterocycles. The number of hydrogen-bond donors (Lipinski definition) is 1. The van der Waals surface area contributed by atoms with Crippen molar-refractivity contribution in [3.05, 3.63) is 41.7 Å². The summed E-state index contributed by atoms with van der Waals surface area (Å²) in [4.78, 5) is 25.2. The van der Waals surface area contributed by atoms with Crippen molar-refractivity contribution in [1.82, 2.24) is 20.0 Å². The number of nitrogens with zero attached hydrogens (tertiary/aromatic N) is 4. The maximum atomic E-state index is 13.2. The molecule has 2 aliphatic rings. The summed E-state index contributed by atoms with van der Waals surface area (Å²) in [6.45, 7) is -0.124. The largest absolute Gasteiger partial charge is 0.336 e. The summed E-state index contributed by atoms with van der Waals surface area (Å²) in [6.07, 6.45) is 4.79. The number of likely N-dealkylation sites (tertiary alicyclic amines) is 1. The molecule has 2 atom stereocenters. The molecule has 1 saturated carbocycles. The van der Waals surface area contributed by atoms with Crippen LogP contribution in [0.3, 0.4) is 0 Å². The zero-order chi connectivity index (χ0) is 21.5. The van der Waals surface area contributed by atoms with Crippen LogP contribution in [0.25, 0.3) is 5.69 Å². The Morgan fingerprint density at radius 1 is 1.40 bits per heavy atom. The van der Waals surface area contributed by atoms with Gasteiger partial charge in [-0.15, -0.1) is 0 Å². The summed E-state index contributed by atoms with van der Waals surface area (Å²) in [7, 11) is -3.91. The number of hydrogen-bond acceptors (Lipinski definition) is 6. The van der Waals surface area contributed by atoms with Gasteiger partial charge in [0, 0.05) is 18.9 Å². The van der Waals surface area contributed by atoms with E-state index in [4.69, 9.17) is 16.9 Å².